The molecule has 112 valence electrons. The first kappa shape index (κ1) is 16.8. The summed E-state index contributed by atoms with van der Waals surface area (Å²) in [6.45, 7) is 0. The van der Waals surface area contributed by atoms with E-state index in [1.54, 1.807) is 24.3 Å². The Morgan fingerprint density at radius 2 is 1.86 bits per heavy atom. The van der Waals surface area contributed by atoms with Crippen molar-refractivity contribution in [3.8, 4) is 0 Å². The number of nitrogen functional groups attached to an aromatic ring is 1. The van der Waals surface area contributed by atoms with Crippen LogP contribution >= 0.6 is 50.1 Å². The molecule has 0 saturated heterocycles. The van der Waals surface area contributed by atoms with Gasteiger partial charge in [0.2, 0.25) is 0 Å². The van der Waals surface area contributed by atoms with Crippen molar-refractivity contribution in [1.29, 1.82) is 0 Å². The van der Waals surface area contributed by atoms with E-state index in [-0.39, 0.29) is 15.2 Å². The minimum atomic E-state index is -4.13. The third kappa shape index (κ3) is 3.61. The van der Waals surface area contributed by atoms with Gasteiger partial charge in [0.25, 0.3) is 10.0 Å². The molecule has 0 radical (unpaired) electrons. The predicted molar refractivity (Wildman–Crippen MR) is 93.5 cm³/mol. The summed E-state index contributed by atoms with van der Waals surface area (Å²) in [5.74, 6) is -1.05. The number of benzene rings is 2. The summed E-state index contributed by atoms with van der Waals surface area (Å²) in [7, 11) is -4.13. The van der Waals surface area contributed by atoms with Crippen molar-refractivity contribution in [3.63, 3.8) is 0 Å². The molecule has 0 aliphatic carbocycles. The van der Waals surface area contributed by atoms with E-state index >= 15 is 0 Å². The van der Waals surface area contributed by atoms with Crippen LogP contribution in [0.3, 0.4) is 0 Å². The molecule has 0 aliphatic rings. The van der Waals surface area contributed by atoms with Gasteiger partial charge in [-0.05, 0) is 68.9 Å². The van der Waals surface area contributed by atoms with Gasteiger partial charge in [-0.25, -0.2) is 12.8 Å². The van der Waals surface area contributed by atoms with Crippen LogP contribution in [0.4, 0.5) is 15.8 Å². The van der Waals surface area contributed by atoms with Gasteiger partial charge in [-0.15, -0.1) is 0 Å². The molecule has 2 aromatic carbocycles. The van der Waals surface area contributed by atoms with Gasteiger partial charge >= 0.3 is 0 Å². The minimum Gasteiger partial charge on any atom is -0.395 e. The van der Waals surface area contributed by atoms with Crippen molar-refractivity contribution < 1.29 is 12.8 Å². The molecule has 4 nitrogen and oxygen atoms in total. The van der Waals surface area contributed by atoms with Gasteiger partial charge in [0.1, 0.15) is 4.90 Å². The molecule has 2 rings (SSSR count). The molecule has 0 unspecified atom stereocenters. The topological polar surface area (TPSA) is 72.2 Å². The van der Waals surface area contributed by atoms with Crippen molar-refractivity contribution in [2.75, 3.05) is 10.5 Å². The SMILES string of the molecule is Nc1c(F)c(S(=O)(=O)Nc2ccc(I)cc2)cc(Cl)c1Br. The highest BCUT2D eigenvalue weighted by molar-refractivity contribution is 14.1. The Morgan fingerprint density at radius 1 is 1.29 bits per heavy atom. The number of nitrogens with two attached hydrogens (primary N) is 1. The molecule has 0 aromatic heterocycles. The Morgan fingerprint density at radius 3 is 2.43 bits per heavy atom. The zero-order valence-corrected chi connectivity index (χ0v) is 15.5. The summed E-state index contributed by atoms with van der Waals surface area (Å²) in [4.78, 5) is -0.605. The normalized spacial score (nSPS) is 11.4. The second-order valence-corrected chi connectivity index (χ2v) is 8.11. The number of sulfonamides is 1. The van der Waals surface area contributed by atoms with E-state index in [4.69, 9.17) is 17.3 Å². The molecule has 0 amide bonds. The standard InChI is InChI=1S/C12H8BrClFIN2O2S/c13-10-8(14)5-9(11(15)12(10)17)21(19,20)18-7-3-1-6(16)2-4-7/h1-5,18H,17H2. The Bertz CT molecular complexity index is 800. The highest BCUT2D eigenvalue weighted by Crippen LogP contribution is 2.35. The van der Waals surface area contributed by atoms with E-state index in [0.29, 0.717) is 5.69 Å². The van der Waals surface area contributed by atoms with Gasteiger partial charge in [-0.1, -0.05) is 11.6 Å². The van der Waals surface area contributed by atoms with E-state index in [9.17, 15) is 12.8 Å². The lowest BCUT2D eigenvalue weighted by Gasteiger charge is -2.12. The van der Waals surface area contributed by atoms with Crippen LogP contribution in [0.5, 0.6) is 0 Å². The van der Waals surface area contributed by atoms with Crippen LogP contribution in [0.25, 0.3) is 0 Å². The Hall–Kier alpha value is -0.580. The van der Waals surface area contributed by atoms with Crippen molar-refractivity contribution in [3.05, 3.63) is 49.2 Å². The molecule has 3 N–H and O–H groups in total. The molecule has 21 heavy (non-hydrogen) atoms. The van der Waals surface area contributed by atoms with E-state index in [0.717, 1.165) is 9.64 Å². The summed E-state index contributed by atoms with van der Waals surface area (Å²) >= 11 is 10.9. The van der Waals surface area contributed by atoms with Crippen LogP contribution in [0.2, 0.25) is 5.02 Å². The maximum atomic E-state index is 14.1. The van der Waals surface area contributed by atoms with Gasteiger partial charge in [-0.2, -0.15) is 0 Å². The van der Waals surface area contributed by atoms with E-state index in [2.05, 4.69) is 43.2 Å². The Kier molecular flexibility index (Phi) is 5.01. The van der Waals surface area contributed by atoms with E-state index < -0.39 is 20.7 Å². The molecular formula is C12H8BrClFIN2O2S. The molecule has 0 fully saturated rings. The third-order valence-electron chi connectivity index (χ3n) is 2.54. The van der Waals surface area contributed by atoms with Gasteiger partial charge in [-0.3, -0.25) is 4.72 Å². The fourth-order valence-corrected chi connectivity index (χ4v) is 3.62. The second-order valence-electron chi connectivity index (χ2n) is 4.01. The second kappa shape index (κ2) is 6.27. The van der Waals surface area contributed by atoms with Crippen LogP contribution in [0.15, 0.2) is 39.7 Å². The largest absolute Gasteiger partial charge is 0.395 e. The number of rotatable bonds is 3. The van der Waals surface area contributed by atoms with Crippen molar-refractivity contribution in [2.45, 2.75) is 4.90 Å². The summed E-state index contributed by atoms with van der Waals surface area (Å²) < 4.78 is 41.9. The first-order valence-corrected chi connectivity index (χ1v) is 9.17. The Balaban J connectivity index is 2.47. The molecular weight excluding hydrogens is 497 g/mol. The molecule has 0 heterocycles. The average Bonchev–Trinajstić information content (AvgIpc) is 2.42. The monoisotopic (exact) mass is 504 g/mol. The lowest BCUT2D eigenvalue weighted by Crippen LogP contribution is -2.15. The summed E-state index contributed by atoms with van der Waals surface area (Å²) in [5, 5.41) is 0.0110. The summed E-state index contributed by atoms with van der Waals surface area (Å²) in [6.07, 6.45) is 0. The van der Waals surface area contributed by atoms with E-state index in [1.165, 1.54) is 0 Å². The maximum Gasteiger partial charge on any atom is 0.264 e. The zero-order valence-electron chi connectivity index (χ0n) is 10.2. The molecule has 0 bridgehead atoms. The molecule has 9 heteroatoms. The number of nitrogens with one attached hydrogen (secondary N) is 1. The smallest absolute Gasteiger partial charge is 0.264 e. The first-order valence-electron chi connectivity index (χ1n) is 5.43. The molecule has 0 aliphatic heterocycles. The Labute approximate surface area is 148 Å². The van der Waals surface area contributed by atoms with E-state index in [1.807, 2.05) is 0 Å². The lowest BCUT2D eigenvalue weighted by atomic mass is 10.3. The third-order valence-corrected chi connectivity index (χ3v) is 6.02. The number of hydrogen-bond acceptors (Lipinski definition) is 3. The quantitative estimate of drug-likeness (QED) is 0.373. The molecule has 0 saturated carbocycles. The highest BCUT2D eigenvalue weighted by Gasteiger charge is 2.24. The lowest BCUT2D eigenvalue weighted by molar-refractivity contribution is 0.572. The van der Waals surface area contributed by atoms with Gasteiger partial charge in [0, 0.05) is 9.26 Å². The van der Waals surface area contributed by atoms with Gasteiger partial charge in [0.15, 0.2) is 5.82 Å². The fourth-order valence-electron chi connectivity index (χ4n) is 1.52. The first-order chi connectivity index (χ1) is 9.72. The van der Waals surface area contributed by atoms with Crippen molar-refractivity contribution >= 4 is 71.5 Å². The fraction of sp³-hybridized carbons (Fsp3) is 0. The number of hydrogen-bond donors (Lipinski definition) is 2. The van der Waals surface area contributed by atoms with Gasteiger partial charge in [0.05, 0.1) is 15.2 Å². The van der Waals surface area contributed by atoms with Crippen LogP contribution in [-0.2, 0) is 10.0 Å². The highest BCUT2D eigenvalue weighted by atomic mass is 127. The minimum absolute atomic E-state index is 0.0110. The maximum absolute atomic E-state index is 14.1. The van der Waals surface area contributed by atoms with Crippen LogP contribution in [-0.4, -0.2) is 8.42 Å². The summed E-state index contributed by atoms with van der Waals surface area (Å²) in [6, 6.07) is 7.59. The predicted octanol–water partition coefficient (Wildman–Crippen LogP) is 4.23. The number of anilines is 2. The molecule has 0 spiro atoms. The van der Waals surface area contributed by atoms with Crippen LogP contribution in [0.1, 0.15) is 0 Å². The summed E-state index contributed by atoms with van der Waals surface area (Å²) in [5.41, 5.74) is 5.45. The van der Waals surface area contributed by atoms with Crippen LogP contribution in [0, 0.1) is 9.39 Å². The van der Waals surface area contributed by atoms with Crippen molar-refractivity contribution in [2.24, 2.45) is 0 Å². The average molecular weight is 506 g/mol. The van der Waals surface area contributed by atoms with Crippen LogP contribution < -0.4 is 10.5 Å². The molecule has 2 aromatic rings. The van der Waals surface area contributed by atoms with Crippen molar-refractivity contribution in [1.82, 2.24) is 0 Å². The number of halogens is 4. The van der Waals surface area contributed by atoms with Gasteiger partial charge < -0.3 is 5.73 Å². The zero-order chi connectivity index (χ0) is 15.8. The molecule has 0 atom stereocenters.